The first-order valence-electron chi connectivity index (χ1n) is 7.31. The van der Waals surface area contributed by atoms with Crippen LogP contribution in [0.15, 0.2) is 49.1 Å². The van der Waals surface area contributed by atoms with Gasteiger partial charge in [-0.1, -0.05) is 11.3 Å². The molecule has 0 aliphatic rings. The van der Waals surface area contributed by atoms with Gasteiger partial charge in [0.1, 0.15) is 0 Å². The van der Waals surface area contributed by atoms with Crippen LogP contribution in [0.25, 0.3) is 16.2 Å². The predicted octanol–water partition coefficient (Wildman–Crippen LogP) is 2.87. The van der Waals surface area contributed by atoms with E-state index in [9.17, 15) is 0 Å². The summed E-state index contributed by atoms with van der Waals surface area (Å²) in [5.74, 6) is 0.584. The zero-order valence-electron chi connectivity index (χ0n) is 12.9. The second kappa shape index (κ2) is 6.25. The van der Waals surface area contributed by atoms with Crippen molar-refractivity contribution in [2.45, 2.75) is 6.54 Å². The highest BCUT2D eigenvalue weighted by Crippen LogP contribution is 2.25. The highest BCUT2D eigenvalue weighted by molar-refractivity contribution is 7.20. The lowest BCUT2D eigenvalue weighted by atomic mass is 10.2. The Bertz CT molecular complexity index is 916. The maximum atomic E-state index is 5.07. The molecule has 0 amide bonds. The summed E-state index contributed by atoms with van der Waals surface area (Å²) in [6.07, 6.45) is 7.20. The molecule has 0 aromatic carbocycles. The first-order valence-corrected chi connectivity index (χ1v) is 8.13. The largest absolute Gasteiger partial charge is 0.481 e. The Kier molecular flexibility index (Phi) is 3.80. The van der Waals surface area contributed by atoms with Gasteiger partial charge in [-0.2, -0.15) is 0 Å². The van der Waals surface area contributed by atoms with Crippen LogP contribution in [0.4, 0.5) is 5.13 Å². The van der Waals surface area contributed by atoms with Crippen molar-refractivity contribution in [1.82, 2.24) is 24.6 Å². The molecular formula is C16H14N6OS. The molecule has 4 aromatic heterocycles. The summed E-state index contributed by atoms with van der Waals surface area (Å²) in [6, 6.07) is 7.69. The zero-order valence-corrected chi connectivity index (χ0v) is 13.7. The number of hydrogen-bond donors (Lipinski definition) is 1. The minimum absolute atomic E-state index is 0.584. The molecule has 0 saturated heterocycles. The standard InChI is InChI=1S/C16H14N6OS/c1-23-14-3-2-12(9-18-14)13-10-22-16(20-13)24-15(21-22)19-8-11-4-6-17-7-5-11/h2-7,9-10H,8H2,1H3,(H,19,21). The molecular weight excluding hydrogens is 324 g/mol. The van der Waals surface area contributed by atoms with Crippen LogP contribution in [-0.2, 0) is 6.54 Å². The summed E-state index contributed by atoms with van der Waals surface area (Å²) in [4.78, 5) is 13.6. The first kappa shape index (κ1) is 14.6. The Hall–Kier alpha value is -3.00. The normalized spacial score (nSPS) is 10.9. The van der Waals surface area contributed by atoms with E-state index in [1.807, 2.05) is 30.5 Å². The number of pyridine rings is 2. The van der Waals surface area contributed by atoms with Gasteiger partial charge in [-0.05, 0) is 23.8 Å². The molecule has 0 fully saturated rings. The fourth-order valence-electron chi connectivity index (χ4n) is 2.24. The van der Waals surface area contributed by atoms with Crippen LogP contribution >= 0.6 is 11.3 Å². The van der Waals surface area contributed by atoms with E-state index in [0.29, 0.717) is 12.4 Å². The summed E-state index contributed by atoms with van der Waals surface area (Å²) >= 11 is 1.51. The third kappa shape index (κ3) is 2.91. The molecule has 1 N–H and O–H groups in total. The van der Waals surface area contributed by atoms with E-state index in [2.05, 4.69) is 25.4 Å². The van der Waals surface area contributed by atoms with Crippen LogP contribution in [0.3, 0.4) is 0 Å². The Morgan fingerprint density at radius 3 is 2.79 bits per heavy atom. The first-order chi connectivity index (χ1) is 11.8. The van der Waals surface area contributed by atoms with Gasteiger partial charge in [0, 0.05) is 36.8 Å². The third-order valence-corrected chi connectivity index (χ3v) is 4.36. The molecule has 7 nitrogen and oxygen atoms in total. The number of nitrogens with zero attached hydrogens (tertiary/aromatic N) is 5. The van der Waals surface area contributed by atoms with Crippen LogP contribution < -0.4 is 10.1 Å². The van der Waals surface area contributed by atoms with E-state index in [-0.39, 0.29) is 0 Å². The smallest absolute Gasteiger partial charge is 0.214 e. The van der Waals surface area contributed by atoms with Crippen LogP contribution in [0, 0.1) is 0 Å². The van der Waals surface area contributed by atoms with Crippen molar-refractivity contribution in [1.29, 1.82) is 0 Å². The number of rotatable bonds is 5. The fraction of sp³-hybridized carbons (Fsp3) is 0.125. The van der Waals surface area contributed by atoms with Gasteiger partial charge in [0.15, 0.2) is 0 Å². The Morgan fingerprint density at radius 1 is 1.21 bits per heavy atom. The maximum Gasteiger partial charge on any atom is 0.214 e. The average molecular weight is 338 g/mol. The monoisotopic (exact) mass is 338 g/mol. The van der Waals surface area contributed by atoms with Crippen molar-refractivity contribution < 1.29 is 4.74 Å². The number of methoxy groups -OCH3 is 1. The molecule has 4 heterocycles. The Balaban J connectivity index is 1.51. The van der Waals surface area contributed by atoms with Crippen molar-refractivity contribution in [3.8, 4) is 17.1 Å². The lowest BCUT2D eigenvalue weighted by Crippen LogP contribution is -1.99. The fourth-order valence-corrected chi connectivity index (χ4v) is 3.02. The second-order valence-electron chi connectivity index (χ2n) is 5.06. The lowest BCUT2D eigenvalue weighted by Gasteiger charge is -2.01. The van der Waals surface area contributed by atoms with Gasteiger partial charge >= 0.3 is 0 Å². The maximum absolute atomic E-state index is 5.07. The minimum Gasteiger partial charge on any atom is -0.481 e. The summed E-state index contributed by atoms with van der Waals surface area (Å²) in [5, 5.41) is 8.64. The topological polar surface area (TPSA) is 77.2 Å². The van der Waals surface area contributed by atoms with Gasteiger partial charge in [-0.25, -0.2) is 14.5 Å². The highest BCUT2D eigenvalue weighted by atomic mass is 32.1. The summed E-state index contributed by atoms with van der Waals surface area (Å²) in [7, 11) is 1.60. The number of ether oxygens (including phenoxy) is 1. The quantitative estimate of drug-likeness (QED) is 0.603. The summed E-state index contributed by atoms with van der Waals surface area (Å²) in [5.41, 5.74) is 2.92. The van der Waals surface area contributed by atoms with E-state index < -0.39 is 0 Å². The number of fused-ring (bicyclic) bond motifs is 1. The molecule has 0 saturated carbocycles. The predicted molar refractivity (Wildman–Crippen MR) is 92.2 cm³/mol. The molecule has 0 atom stereocenters. The van der Waals surface area contributed by atoms with Crippen LogP contribution in [0.5, 0.6) is 5.88 Å². The molecule has 0 bridgehead atoms. The van der Waals surface area contributed by atoms with Gasteiger partial charge in [0.25, 0.3) is 0 Å². The Labute approximate surface area is 142 Å². The van der Waals surface area contributed by atoms with E-state index in [1.54, 1.807) is 30.2 Å². The number of anilines is 1. The van der Waals surface area contributed by atoms with Crippen molar-refractivity contribution >= 4 is 21.4 Å². The van der Waals surface area contributed by atoms with Crippen LogP contribution in [0.1, 0.15) is 5.56 Å². The van der Waals surface area contributed by atoms with Crippen LogP contribution in [0.2, 0.25) is 0 Å². The average Bonchev–Trinajstić information content (AvgIpc) is 3.19. The molecule has 0 radical (unpaired) electrons. The highest BCUT2D eigenvalue weighted by Gasteiger charge is 2.10. The number of imidazole rings is 1. The van der Waals surface area contributed by atoms with E-state index in [1.165, 1.54) is 11.3 Å². The van der Waals surface area contributed by atoms with E-state index >= 15 is 0 Å². The molecule has 0 spiro atoms. The van der Waals surface area contributed by atoms with Crippen molar-refractivity contribution in [2.24, 2.45) is 0 Å². The van der Waals surface area contributed by atoms with Crippen LogP contribution in [-0.4, -0.2) is 31.7 Å². The molecule has 4 rings (SSSR count). The Morgan fingerprint density at radius 2 is 2.08 bits per heavy atom. The number of hydrogen-bond acceptors (Lipinski definition) is 7. The van der Waals surface area contributed by atoms with E-state index in [0.717, 1.165) is 26.9 Å². The minimum atomic E-state index is 0.584. The lowest BCUT2D eigenvalue weighted by molar-refractivity contribution is 0.398. The number of aromatic nitrogens is 5. The molecule has 8 heteroatoms. The molecule has 24 heavy (non-hydrogen) atoms. The number of nitrogens with one attached hydrogen (secondary N) is 1. The van der Waals surface area contributed by atoms with Crippen molar-refractivity contribution in [3.05, 3.63) is 54.6 Å². The van der Waals surface area contributed by atoms with Gasteiger partial charge in [0.05, 0.1) is 19.0 Å². The molecule has 0 unspecified atom stereocenters. The third-order valence-electron chi connectivity index (χ3n) is 3.48. The van der Waals surface area contributed by atoms with Gasteiger partial charge in [-0.3, -0.25) is 4.98 Å². The van der Waals surface area contributed by atoms with Crippen molar-refractivity contribution in [3.63, 3.8) is 0 Å². The van der Waals surface area contributed by atoms with Gasteiger partial charge in [-0.15, -0.1) is 5.10 Å². The molecule has 0 aliphatic heterocycles. The molecule has 4 aromatic rings. The van der Waals surface area contributed by atoms with E-state index in [4.69, 9.17) is 4.74 Å². The summed E-state index contributed by atoms with van der Waals surface area (Å²) < 4.78 is 6.85. The second-order valence-corrected chi connectivity index (χ2v) is 6.01. The SMILES string of the molecule is COc1ccc(-c2cn3nc(NCc4ccncc4)sc3n2)cn1. The van der Waals surface area contributed by atoms with Gasteiger partial charge < -0.3 is 10.1 Å². The molecule has 0 aliphatic carbocycles. The summed E-state index contributed by atoms with van der Waals surface area (Å²) in [6.45, 7) is 0.703. The zero-order chi connectivity index (χ0) is 16.4. The van der Waals surface area contributed by atoms with Crippen molar-refractivity contribution in [2.75, 3.05) is 12.4 Å². The van der Waals surface area contributed by atoms with Gasteiger partial charge in [0.2, 0.25) is 16.0 Å². The molecule has 120 valence electrons.